The molecular formula is C24H29BrN2O5S. The molecule has 0 aromatic heterocycles. The predicted molar refractivity (Wildman–Crippen MR) is 132 cm³/mol. The average molecular weight is 537 g/mol. The van der Waals surface area contributed by atoms with Crippen molar-refractivity contribution in [1.82, 2.24) is 4.90 Å². The standard InChI is InChI=1S/C24H29BrN2O5S/c1-4-8-26(16-11-13(2)6-7-14(16)3)22(30)20-24-12-15(25)19(33-24)17(23(31)32)18(24)21(29)27(20)9-5-10-28/h4,6-7,11,15,17-20,28H,1,5,8-10,12H2,2-3H3,(H,31,32)/t15?,17-,18-,19-,20?,24?/m0/s1. The summed E-state index contributed by atoms with van der Waals surface area (Å²) in [7, 11) is 0. The van der Waals surface area contributed by atoms with E-state index >= 15 is 0 Å². The molecule has 3 heterocycles. The Morgan fingerprint density at radius 1 is 1.39 bits per heavy atom. The van der Waals surface area contributed by atoms with Gasteiger partial charge in [-0.25, -0.2) is 0 Å². The number of carboxylic acids is 1. The number of anilines is 1. The van der Waals surface area contributed by atoms with Crippen molar-refractivity contribution in [3.8, 4) is 0 Å². The van der Waals surface area contributed by atoms with Gasteiger partial charge in [0, 0.05) is 35.5 Å². The molecule has 1 aromatic carbocycles. The Morgan fingerprint density at radius 3 is 2.76 bits per heavy atom. The minimum Gasteiger partial charge on any atom is -0.481 e. The van der Waals surface area contributed by atoms with Gasteiger partial charge in [-0.3, -0.25) is 14.4 Å². The molecule has 3 aliphatic heterocycles. The summed E-state index contributed by atoms with van der Waals surface area (Å²) in [5.41, 5.74) is 2.70. The third-order valence-corrected chi connectivity index (χ3v) is 10.3. The molecule has 0 saturated carbocycles. The van der Waals surface area contributed by atoms with Crippen LogP contribution in [0, 0.1) is 25.7 Å². The molecule has 9 heteroatoms. The lowest BCUT2D eigenvalue weighted by atomic mass is 9.71. The van der Waals surface area contributed by atoms with Crippen molar-refractivity contribution >= 4 is 51.2 Å². The zero-order chi connectivity index (χ0) is 24.1. The number of hydrogen-bond acceptors (Lipinski definition) is 5. The van der Waals surface area contributed by atoms with Crippen LogP contribution in [0.5, 0.6) is 0 Å². The minimum absolute atomic E-state index is 0.0886. The van der Waals surface area contributed by atoms with E-state index in [1.807, 2.05) is 32.0 Å². The summed E-state index contributed by atoms with van der Waals surface area (Å²) >= 11 is 5.13. The second kappa shape index (κ2) is 9.07. The number of benzene rings is 1. The smallest absolute Gasteiger partial charge is 0.308 e. The first kappa shape index (κ1) is 24.3. The van der Waals surface area contributed by atoms with E-state index < -0.39 is 28.6 Å². The summed E-state index contributed by atoms with van der Waals surface area (Å²) in [5.74, 6) is -3.11. The Bertz CT molecular complexity index is 1000. The number of rotatable bonds is 8. The molecule has 3 unspecified atom stereocenters. The van der Waals surface area contributed by atoms with Gasteiger partial charge in [0.2, 0.25) is 5.91 Å². The van der Waals surface area contributed by atoms with Gasteiger partial charge in [0.25, 0.3) is 5.91 Å². The van der Waals surface area contributed by atoms with E-state index in [1.165, 1.54) is 16.7 Å². The van der Waals surface area contributed by atoms with Crippen molar-refractivity contribution in [2.24, 2.45) is 11.8 Å². The van der Waals surface area contributed by atoms with Crippen molar-refractivity contribution in [3.05, 3.63) is 42.0 Å². The molecule has 3 fully saturated rings. The lowest BCUT2D eigenvalue weighted by Crippen LogP contribution is -2.55. The topological polar surface area (TPSA) is 98.2 Å². The fourth-order valence-electron chi connectivity index (χ4n) is 5.77. The zero-order valence-corrected chi connectivity index (χ0v) is 21.1. The average Bonchev–Trinajstić information content (AvgIpc) is 3.35. The molecule has 1 aromatic rings. The molecule has 2 bridgehead atoms. The van der Waals surface area contributed by atoms with E-state index in [9.17, 15) is 24.6 Å². The maximum absolute atomic E-state index is 14.3. The molecule has 3 saturated heterocycles. The molecule has 1 spiro atoms. The summed E-state index contributed by atoms with van der Waals surface area (Å²) in [4.78, 5) is 43.2. The normalized spacial score (nSPS) is 32.2. The Kier molecular flexibility index (Phi) is 6.68. The molecule has 33 heavy (non-hydrogen) atoms. The number of aryl methyl sites for hydroxylation is 2. The first-order valence-corrected chi connectivity index (χ1v) is 12.9. The van der Waals surface area contributed by atoms with Gasteiger partial charge in [-0.1, -0.05) is 34.1 Å². The van der Waals surface area contributed by atoms with Crippen molar-refractivity contribution in [2.45, 2.75) is 47.6 Å². The van der Waals surface area contributed by atoms with Crippen molar-refractivity contribution in [3.63, 3.8) is 0 Å². The number of nitrogens with zero attached hydrogens (tertiary/aromatic N) is 2. The van der Waals surface area contributed by atoms with Crippen molar-refractivity contribution in [1.29, 1.82) is 0 Å². The zero-order valence-electron chi connectivity index (χ0n) is 18.7. The summed E-state index contributed by atoms with van der Waals surface area (Å²) in [6.45, 7) is 8.10. The lowest BCUT2D eigenvalue weighted by molar-refractivity contribution is -0.148. The number of halogens is 1. The van der Waals surface area contributed by atoms with E-state index in [4.69, 9.17) is 0 Å². The first-order chi connectivity index (χ1) is 15.7. The van der Waals surface area contributed by atoms with Gasteiger partial charge in [-0.2, -0.15) is 0 Å². The Labute approximate surface area is 206 Å². The van der Waals surface area contributed by atoms with Crippen LogP contribution in [0.4, 0.5) is 5.69 Å². The molecule has 6 atom stereocenters. The Balaban J connectivity index is 1.82. The highest BCUT2D eigenvalue weighted by Crippen LogP contribution is 2.67. The van der Waals surface area contributed by atoms with Crippen LogP contribution in [0.3, 0.4) is 0 Å². The van der Waals surface area contributed by atoms with Crippen LogP contribution >= 0.6 is 27.7 Å². The highest BCUT2D eigenvalue weighted by atomic mass is 79.9. The number of fused-ring (bicyclic) bond motifs is 1. The second-order valence-electron chi connectivity index (χ2n) is 9.14. The number of aliphatic hydroxyl groups excluding tert-OH is 1. The van der Waals surface area contributed by atoms with E-state index in [-0.39, 0.29) is 41.6 Å². The van der Waals surface area contributed by atoms with Gasteiger partial charge in [-0.15, -0.1) is 18.3 Å². The van der Waals surface area contributed by atoms with E-state index in [0.29, 0.717) is 12.8 Å². The highest BCUT2D eigenvalue weighted by Gasteiger charge is 2.76. The number of aliphatic hydroxyl groups is 1. The van der Waals surface area contributed by atoms with Crippen LogP contribution in [0.15, 0.2) is 30.9 Å². The number of carbonyl (C=O) groups is 3. The first-order valence-electron chi connectivity index (χ1n) is 11.1. The number of thioether (sulfide) groups is 1. The molecular weight excluding hydrogens is 508 g/mol. The van der Waals surface area contributed by atoms with Crippen LogP contribution in [0.1, 0.15) is 24.0 Å². The summed E-state index contributed by atoms with van der Waals surface area (Å²) < 4.78 is -0.817. The SMILES string of the molecule is C=CCN(C(=O)C1N(CCCO)C(=O)[C@@H]2[C@H](C(=O)O)[C@H]3SC12CC3Br)c1cc(C)ccc1C. The van der Waals surface area contributed by atoms with Gasteiger partial charge in [0.15, 0.2) is 0 Å². The molecule has 7 nitrogen and oxygen atoms in total. The maximum Gasteiger partial charge on any atom is 0.308 e. The number of aliphatic carboxylic acids is 1. The molecule has 2 N–H and O–H groups in total. The second-order valence-corrected chi connectivity index (χ2v) is 11.9. The molecule has 4 rings (SSSR count). The number of amides is 2. The molecule has 0 radical (unpaired) electrons. The fourth-order valence-corrected chi connectivity index (χ4v) is 9.37. The van der Waals surface area contributed by atoms with Crippen LogP contribution in [0.2, 0.25) is 0 Å². The highest BCUT2D eigenvalue weighted by molar-refractivity contribution is 9.09. The largest absolute Gasteiger partial charge is 0.481 e. The summed E-state index contributed by atoms with van der Waals surface area (Å²) in [5, 5.41) is 19.2. The van der Waals surface area contributed by atoms with Gasteiger partial charge >= 0.3 is 5.97 Å². The van der Waals surface area contributed by atoms with Gasteiger partial charge in [0.1, 0.15) is 6.04 Å². The van der Waals surface area contributed by atoms with E-state index in [1.54, 1.807) is 11.0 Å². The number of carbonyl (C=O) groups excluding carboxylic acids is 2. The minimum atomic E-state index is -0.996. The van der Waals surface area contributed by atoms with Gasteiger partial charge in [-0.05, 0) is 43.9 Å². The van der Waals surface area contributed by atoms with Gasteiger partial charge in [0.05, 0.1) is 16.6 Å². The molecule has 3 aliphatic rings. The third-order valence-electron chi connectivity index (χ3n) is 7.10. The van der Waals surface area contributed by atoms with Crippen molar-refractivity contribution in [2.75, 3.05) is 24.6 Å². The van der Waals surface area contributed by atoms with E-state index in [0.717, 1.165) is 16.8 Å². The lowest BCUT2D eigenvalue weighted by Gasteiger charge is -2.38. The Hall–Kier alpha value is -1.84. The predicted octanol–water partition coefficient (Wildman–Crippen LogP) is 2.75. The third kappa shape index (κ3) is 3.72. The van der Waals surface area contributed by atoms with Crippen molar-refractivity contribution < 1.29 is 24.6 Å². The monoisotopic (exact) mass is 536 g/mol. The van der Waals surface area contributed by atoms with Gasteiger partial charge < -0.3 is 20.0 Å². The Morgan fingerprint density at radius 2 is 2.12 bits per heavy atom. The molecule has 2 amide bonds. The number of carboxylic acid groups (broad SMARTS) is 1. The number of alkyl halides is 1. The van der Waals surface area contributed by atoms with Crippen LogP contribution in [0.25, 0.3) is 0 Å². The van der Waals surface area contributed by atoms with Crippen LogP contribution < -0.4 is 4.90 Å². The number of likely N-dealkylation sites (tertiary alicyclic amines) is 1. The molecule has 178 valence electrons. The molecule has 0 aliphatic carbocycles. The fraction of sp³-hybridized carbons (Fsp3) is 0.542. The van der Waals surface area contributed by atoms with Crippen LogP contribution in [-0.4, -0.2) is 73.5 Å². The summed E-state index contributed by atoms with van der Waals surface area (Å²) in [6.07, 6.45) is 2.53. The quantitative estimate of drug-likeness (QED) is 0.391. The maximum atomic E-state index is 14.3. The van der Waals surface area contributed by atoms with E-state index in [2.05, 4.69) is 22.5 Å². The summed E-state index contributed by atoms with van der Waals surface area (Å²) in [6, 6.07) is 5.09. The number of hydrogen-bond donors (Lipinski definition) is 2. The van der Waals surface area contributed by atoms with Crippen LogP contribution in [-0.2, 0) is 14.4 Å².